The van der Waals surface area contributed by atoms with Gasteiger partial charge in [0.25, 0.3) is 0 Å². The Labute approximate surface area is 196 Å². The number of anilines is 2. The SMILES string of the molecule is Nc1cc(-c2cc(F)ccc2S(=O)c2ccc(F)cc2-c2ccc(Cl)c(N)c2)ccc1Cl. The van der Waals surface area contributed by atoms with Gasteiger partial charge in [-0.05, 0) is 71.8 Å². The predicted octanol–water partition coefficient (Wildman–Crippen LogP) is 6.94. The van der Waals surface area contributed by atoms with Gasteiger partial charge in [-0.2, -0.15) is 0 Å². The van der Waals surface area contributed by atoms with E-state index in [1.54, 1.807) is 36.4 Å². The molecule has 0 radical (unpaired) electrons. The van der Waals surface area contributed by atoms with E-state index in [2.05, 4.69) is 0 Å². The molecule has 0 aromatic heterocycles. The third-order valence-electron chi connectivity index (χ3n) is 4.90. The highest BCUT2D eigenvalue weighted by Crippen LogP contribution is 2.37. The van der Waals surface area contributed by atoms with Crippen LogP contribution in [0.15, 0.2) is 82.6 Å². The standard InChI is InChI=1S/C24H16Cl2F2N2OS/c25-19-5-1-13(9-21(19)29)17-11-15(27)3-7-23(17)32(31)24-8-4-16(28)12-18(24)14-2-6-20(26)22(30)10-14/h1-12H,29-30H2. The molecule has 0 unspecified atom stereocenters. The maximum Gasteiger partial charge on any atom is 0.123 e. The van der Waals surface area contributed by atoms with Crippen LogP contribution in [0.3, 0.4) is 0 Å². The number of nitrogens with two attached hydrogens (primary N) is 2. The summed E-state index contributed by atoms with van der Waals surface area (Å²) in [5.41, 5.74) is 14.3. The molecular formula is C24H16Cl2F2N2OS. The predicted molar refractivity (Wildman–Crippen MR) is 127 cm³/mol. The number of benzene rings is 4. The zero-order chi connectivity index (χ0) is 23.0. The van der Waals surface area contributed by atoms with Crippen LogP contribution < -0.4 is 11.5 Å². The molecule has 0 aliphatic heterocycles. The van der Waals surface area contributed by atoms with Crippen LogP contribution in [0.4, 0.5) is 20.2 Å². The molecule has 0 heterocycles. The van der Waals surface area contributed by atoms with E-state index >= 15 is 0 Å². The topological polar surface area (TPSA) is 69.1 Å². The second kappa shape index (κ2) is 8.90. The van der Waals surface area contributed by atoms with Gasteiger partial charge < -0.3 is 11.5 Å². The monoisotopic (exact) mass is 488 g/mol. The van der Waals surface area contributed by atoms with Crippen molar-refractivity contribution >= 4 is 45.4 Å². The zero-order valence-electron chi connectivity index (χ0n) is 16.4. The molecule has 4 rings (SSSR count). The molecular weight excluding hydrogens is 473 g/mol. The molecule has 3 nitrogen and oxygen atoms in total. The van der Waals surface area contributed by atoms with E-state index in [-0.39, 0.29) is 0 Å². The minimum Gasteiger partial charge on any atom is -0.398 e. The van der Waals surface area contributed by atoms with Gasteiger partial charge in [0, 0.05) is 11.1 Å². The molecule has 4 aromatic rings. The molecule has 162 valence electrons. The molecule has 0 aliphatic carbocycles. The summed E-state index contributed by atoms with van der Waals surface area (Å²) >= 11 is 12.0. The minimum absolute atomic E-state index is 0.310. The van der Waals surface area contributed by atoms with Gasteiger partial charge in [-0.1, -0.05) is 35.3 Å². The first-order chi connectivity index (χ1) is 15.2. The smallest absolute Gasteiger partial charge is 0.123 e. The van der Waals surface area contributed by atoms with Crippen molar-refractivity contribution in [2.24, 2.45) is 0 Å². The van der Waals surface area contributed by atoms with E-state index in [0.717, 1.165) is 0 Å². The third kappa shape index (κ3) is 4.35. The second-order valence-corrected chi connectivity index (χ2v) is 9.25. The zero-order valence-corrected chi connectivity index (χ0v) is 18.7. The molecule has 0 atom stereocenters. The molecule has 0 spiro atoms. The summed E-state index contributed by atoms with van der Waals surface area (Å²) in [7, 11) is -1.79. The van der Waals surface area contributed by atoms with Crippen molar-refractivity contribution < 1.29 is 13.0 Å². The number of rotatable bonds is 4. The fourth-order valence-corrected chi connectivity index (χ4v) is 4.93. The van der Waals surface area contributed by atoms with E-state index in [9.17, 15) is 13.0 Å². The lowest BCUT2D eigenvalue weighted by molar-refractivity contribution is 0.626. The van der Waals surface area contributed by atoms with E-state index in [1.807, 2.05) is 0 Å². The van der Waals surface area contributed by atoms with Crippen LogP contribution in [0.25, 0.3) is 22.3 Å². The molecule has 0 aliphatic rings. The lowest BCUT2D eigenvalue weighted by Crippen LogP contribution is -2.01. The van der Waals surface area contributed by atoms with Gasteiger partial charge in [0.05, 0.1) is 42.0 Å². The Morgan fingerprint density at radius 2 is 1.03 bits per heavy atom. The third-order valence-corrected chi connectivity index (χ3v) is 7.10. The Kier molecular flexibility index (Phi) is 6.20. The second-order valence-electron chi connectivity index (χ2n) is 7.02. The Hall–Kier alpha value is -2.93. The number of hydrogen-bond acceptors (Lipinski definition) is 3. The van der Waals surface area contributed by atoms with Crippen molar-refractivity contribution in [3.05, 3.63) is 94.5 Å². The summed E-state index contributed by atoms with van der Waals surface area (Å²) in [4.78, 5) is 0.672. The summed E-state index contributed by atoms with van der Waals surface area (Å²) in [6, 6.07) is 17.6. The quantitative estimate of drug-likeness (QED) is 0.305. The number of nitrogen functional groups attached to an aromatic ring is 2. The van der Waals surface area contributed by atoms with Crippen LogP contribution >= 0.6 is 23.2 Å². The summed E-state index contributed by atoms with van der Waals surface area (Å²) in [6.45, 7) is 0. The summed E-state index contributed by atoms with van der Waals surface area (Å²) < 4.78 is 42.0. The molecule has 4 N–H and O–H groups in total. The van der Waals surface area contributed by atoms with Crippen molar-refractivity contribution in [1.82, 2.24) is 0 Å². The van der Waals surface area contributed by atoms with Crippen LogP contribution in [0.5, 0.6) is 0 Å². The normalized spacial score (nSPS) is 11.2. The maximum absolute atomic E-state index is 14.1. The average Bonchev–Trinajstić information content (AvgIpc) is 2.77. The van der Waals surface area contributed by atoms with Crippen molar-refractivity contribution in [1.29, 1.82) is 0 Å². The highest BCUT2D eigenvalue weighted by Gasteiger charge is 2.20. The van der Waals surface area contributed by atoms with Crippen LogP contribution in [0.1, 0.15) is 0 Å². The van der Waals surface area contributed by atoms with Gasteiger partial charge in [0.2, 0.25) is 0 Å². The van der Waals surface area contributed by atoms with E-state index in [0.29, 0.717) is 53.5 Å². The Morgan fingerprint density at radius 3 is 1.41 bits per heavy atom. The first-order valence-corrected chi connectivity index (χ1v) is 11.3. The highest BCUT2D eigenvalue weighted by atomic mass is 35.5. The van der Waals surface area contributed by atoms with Crippen molar-refractivity contribution in [2.75, 3.05) is 11.5 Å². The van der Waals surface area contributed by atoms with E-state index < -0.39 is 22.4 Å². The van der Waals surface area contributed by atoms with E-state index in [4.69, 9.17) is 34.7 Å². The van der Waals surface area contributed by atoms with Crippen molar-refractivity contribution in [3.8, 4) is 22.3 Å². The Bertz CT molecular complexity index is 1280. The molecule has 0 amide bonds. The average molecular weight is 489 g/mol. The first kappa shape index (κ1) is 22.3. The summed E-state index contributed by atoms with van der Waals surface area (Å²) in [5.74, 6) is -1.00. The largest absolute Gasteiger partial charge is 0.398 e. The molecule has 8 heteroatoms. The van der Waals surface area contributed by atoms with Gasteiger partial charge in [-0.25, -0.2) is 13.0 Å². The summed E-state index contributed by atoms with van der Waals surface area (Å²) in [5, 5.41) is 0.711. The van der Waals surface area contributed by atoms with Gasteiger partial charge in [0.15, 0.2) is 0 Å². The molecule has 0 bridgehead atoms. The van der Waals surface area contributed by atoms with Crippen LogP contribution in [0, 0.1) is 11.6 Å². The Balaban J connectivity index is 1.89. The number of halogens is 4. The summed E-state index contributed by atoms with van der Waals surface area (Å²) in [6.07, 6.45) is 0. The molecule has 0 saturated carbocycles. The lowest BCUT2D eigenvalue weighted by atomic mass is 10.0. The fraction of sp³-hybridized carbons (Fsp3) is 0. The fourth-order valence-electron chi connectivity index (χ4n) is 3.32. The maximum atomic E-state index is 14.1. The molecule has 32 heavy (non-hydrogen) atoms. The minimum atomic E-state index is -1.79. The van der Waals surface area contributed by atoms with E-state index in [1.165, 1.54) is 36.4 Å². The Morgan fingerprint density at radius 1 is 0.625 bits per heavy atom. The molecule has 4 aromatic carbocycles. The van der Waals surface area contributed by atoms with Gasteiger partial charge in [-0.3, -0.25) is 0 Å². The lowest BCUT2D eigenvalue weighted by Gasteiger charge is -2.15. The van der Waals surface area contributed by atoms with Crippen LogP contribution in [-0.4, -0.2) is 4.21 Å². The number of hydrogen-bond donors (Lipinski definition) is 2. The van der Waals surface area contributed by atoms with Crippen LogP contribution in [0.2, 0.25) is 10.0 Å². The van der Waals surface area contributed by atoms with Gasteiger partial charge in [0.1, 0.15) is 11.6 Å². The van der Waals surface area contributed by atoms with Crippen LogP contribution in [-0.2, 0) is 10.8 Å². The first-order valence-electron chi connectivity index (χ1n) is 9.36. The van der Waals surface area contributed by atoms with Crippen molar-refractivity contribution in [3.63, 3.8) is 0 Å². The molecule has 0 fully saturated rings. The van der Waals surface area contributed by atoms with Crippen molar-refractivity contribution in [2.45, 2.75) is 9.79 Å². The molecule has 0 saturated heterocycles. The van der Waals surface area contributed by atoms with Gasteiger partial charge >= 0.3 is 0 Å². The van der Waals surface area contributed by atoms with Gasteiger partial charge in [-0.15, -0.1) is 0 Å². The highest BCUT2D eigenvalue weighted by molar-refractivity contribution is 7.85.